The van der Waals surface area contributed by atoms with E-state index in [0.717, 1.165) is 45.3 Å². The summed E-state index contributed by atoms with van der Waals surface area (Å²) in [6, 6.07) is 70.3. The van der Waals surface area contributed by atoms with Crippen molar-refractivity contribution in [2.75, 3.05) is 19.6 Å². The van der Waals surface area contributed by atoms with Crippen LogP contribution < -0.4 is 38.5 Å². The molecule has 0 amide bonds. The Morgan fingerprint density at radius 2 is 0.645 bits per heavy atom. The van der Waals surface area contributed by atoms with E-state index in [2.05, 4.69) is 41.4 Å². The van der Waals surface area contributed by atoms with Gasteiger partial charge in [-0.1, -0.05) is 91.0 Å². The highest BCUT2D eigenvalue weighted by molar-refractivity contribution is 6.03. The predicted octanol–water partition coefficient (Wildman–Crippen LogP) is 18.5. The molecule has 0 unspecified atom stereocenters. The average Bonchev–Trinajstić information content (AvgIpc) is 3.61. The monoisotopic (exact) mass is 978 g/mol. The first-order chi connectivity index (χ1) is 37.5. The first-order valence-electron chi connectivity index (χ1n) is 24.2. The summed E-state index contributed by atoms with van der Waals surface area (Å²) in [6.07, 6.45) is 0. The van der Waals surface area contributed by atoms with Gasteiger partial charge in [0.25, 0.3) is 0 Å². The number of nitrogens with zero attached hydrogens (tertiary/aromatic N) is 8. The summed E-state index contributed by atoms with van der Waals surface area (Å²) in [7, 11) is 0. The van der Waals surface area contributed by atoms with Crippen molar-refractivity contribution < 1.29 is 18.9 Å². The van der Waals surface area contributed by atoms with Crippen LogP contribution in [0.2, 0.25) is 0 Å². The summed E-state index contributed by atoms with van der Waals surface area (Å²) in [5, 5.41) is 21.1. The Labute approximate surface area is 436 Å². The molecule has 0 aromatic heterocycles. The summed E-state index contributed by atoms with van der Waals surface area (Å²) in [5.74, 6) is 4.80. The van der Waals surface area contributed by atoms with Crippen LogP contribution in [-0.2, 0) is 0 Å². The molecule has 0 bridgehead atoms. The van der Waals surface area contributed by atoms with E-state index in [4.69, 9.17) is 32.1 Å². The minimum Gasteiger partial charge on any atom is -0.453 e. The van der Waals surface area contributed by atoms with Gasteiger partial charge >= 0.3 is 0 Å². The van der Waals surface area contributed by atoms with E-state index in [1.54, 1.807) is 24.3 Å². The van der Waals surface area contributed by atoms with Crippen LogP contribution in [0, 0.1) is 35.8 Å². The van der Waals surface area contributed by atoms with Gasteiger partial charge in [-0.15, -0.1) is 0 Å². The molecule has 10 aromatic rings. The van der Waals surface area contributed by atoms with Crippen molar-refractivity contribution in [2.45, 2.75) is 0 Å². The van der Waals surface area contributed by atoms with Gasteiger partial charge in [0.1, 0.15) is 0 Å². The van der Waals surface area contributed by atoms with Gasteiger partial charge in [0.15, 0.2) is 46.0 Å². The maximum absolute atomic E-state index is 10.6. The van der Waals surface area contributed by atoms with Crippen molar-refractivity contribution in [1.29, 1.82) is 10.5 Å². The zero-order valence-corrected chi connectivity index (χ0v) is 39.8. The molecule has 0 atom stereocenters. The van der Waals surface area contributed by atoms with Crippen LogP contribution in [0.4, 0.5) is 79.6 Å². The minimum absolute atomic E-state index is 0.199. The second-order valence-electron chi connectivity index (χ2n) is 18.1. The predicted molar refractivity (Wildman–Crippen MR) is 293 cm³/mol. The summed E-state index contributed by atoms with van der Waals surface area (Å²) in [6.45, 7) is 16.5. The van der Waals surface area contributed by atoms with Crippen LogP contribution in [-0.4, -0.2) is 0 Å². The average molecular weight is 979 g/mol. The van der Waals surface area contributed by atoms with E-state index in [-0.39, 0.29) is 22.5 Å². The van der Waals surface area contributed by atoms with E-state index >= 15 is 0 Å². The molecule has 0 aliphatic carbocycles. The standard InChI is InChI=1S/C64H34N8O4/c1-67-43-35-55(70-47-19-5-11-26-59(47)74-60-27-12-6-20-48(60)70)53(32-40(43)37-65)71-49-21-7-13-28-61(49)75-63-34-39(30-31-51(63)71)42-16-15-23-52-64(42)76-62-29-14-8-22-50(62)72(52)56-36-44(68-2)41(38-66)33-54(56)69-45-17-3-9-24-57(45)73-58-25-10-4-18-46(58)69/h3-36H. The third-order valence-corrected chi connectivity index (χ3v) is 13.9. The van der Waals surface area contributed by atoms with Crippen LogP contribution in [0.1, 0.15) is 11.1 Å². The molecule has 0 saturated heterocycles. The fourth-order valence-electron chi connectivity index (χ4n) is 10.6. The quantitative estimate of drug-likeness (QED) is 0.155. The molecular formula is C64H34N8O4. The SMILES string of the molecule is [C-]#[N+]c1cc(N2c3ccccc3Oc3ccccc32)c(N2c3ccccc3Oc3cc(-c4cccc5c4Oc4ccccc4N5c4cc([N+]#[C-])c(C#N)cc4N4c5ccccc5Oc5ccccc54)ccc32)cc1C#N. The van der Waals surface area contributed by atoms with Gasteiger partial charge in [-0.05, 0) is 121 Å². The third-order valence-electron chi connectivity index (χ3n) is 13.9. The highest BCUT2D eigenvalue weighted by atomic mass is 16.5. The van der Waals surface area contributed by atoms with Crippen LogP contribution in [0.25, 0.3) is 20.8 Å². The summed E-state index contributed by atoms with van der Waals surface area (Å²) in [5.41, 5.74) is 10.9. The topological polar surface area (TPSA) is 106 Å². The normalized spacial score (nSPS) is 12.7. The summed E-state index contributed by atoms with van der Waals surface area (Å²) >= 11 is 0. The van der Waals surface area contributed by atoms with Crippen LogP contribution in [0.15, 0.2) is 206 Å². The van der Waals surface area contributed by atoms with Crippen LogP contribution in [0.5, 0.6) is 46.0 Å². The lowest BCUT2D eigenvalue weighted by atomic mass is 9.98. The number of ether oxygens (including phenoxy) is 4. The summed E-state index contributed by atoms with van der Waals surface area (Å²) < 4.78 is 26.7. The van der Waals surface area contributed by atoms with Gasteiger partial charge < -0.3 is 38.5 Å². The second kappa shape index (κ2) is 17.1. The zero-order valence-electron chi connectivity index (χ0n) is 39.8. The molecule has 354 valence electrons. The van der Waals surface area contributed by atoms with Gasteiger partial charge in [0, 0.05) is 5.56 Å². The molecule has 12 heteroatoms. The van der Waals surface area contributed by atoms with Crippen molar-refractivity contribution in [1.82, 2.24) is 0 Å². The van der Waals surface area contributed by atoms with Crippen molar-refractivity contribution in [3.63, 3.8) is 0 Å². The lowest BCUT2D eigenvalue weighted by Crippen LogP contribution is -2.22. The zero-order chi connectivity index (χ0) is 51.0. The lowest BCUT2D eigenvalue weighted by molar-refractivity contribution is 0.475. The van der Waals surface area contributed by atoms with E-state index in [1.807, 2.05) is 182 Å². The number of hydrogen-bond donors (Lipinski definition) is 0. The molecule has 14 rings (SSSR count). The molecule has 0 radical (unpaired) electrons. The Morgan fingerprint density at radius 1 is 0.316 bits per heavy atom. The molecule has 10 aromatic carbocycles. The molecule has 76 heavy (non-hydrogen) atoms. The number of para-hydroxylation sites is 13. The van der Waals surface area contributed by atoms with Gasteiger partial charge in [0.05, 0.1) is 105 Å². The number of benzene rings is 10. The molecule has 4 heterocycles. The van der Waals surface area contributed by atoms with Gasteiger partial charge in [-0.3, -0.25) is 0 Å². The van der Waals surface area contributed by atoms with Crippen LogP contribution >= 0.6 is 0 Å². The second-order valence-corrected chi connectivity index (χ2v) is 18.1. The first-order valence-corrected chi connectivity index (χ1v) is 24.2. The van der Waals surface area contributed by atoms with Gasteiger partial charge in [0.2, 0.25) is 11.4 Å². The van der Waals surface area contributed by atoms with Crippen molar-refractivity contribution in [3.8, 4) is 69.3 Å². The van der Waals surface area contributed by atoms with Gasteiger partial charge in [-0.25, -0.2) is 9.69 Å². The Bertz CT molecular complexity index is 4220. The van der Waals surface area contributed by atoms with E-state index in [0.29, 0.717) is 80.1 Å². The number of fused-ring (bicyclic) bond motifs is 8. The minimum atomic E-state index is 0.199. The molecule has 0 spiro atoms. The molecule has 4 aliphatic heterocycles. The smallest absolute Gasteiger partial charge is 0.206 e. The highest BCUT2D eigenvalue weighted by Gasteiger charge is 2.37. The fourth-order valence-corrected chi connectivity index (χ4v) is 10.6. The largest absolute Gasteiger partial charge is 0.453 e. The Balaban J connectivity index is 0.955. The molecule has 0 fully saturated rings. The fraction of sp³-hybridized carbons (Fsp3) is 0. The molecule has 0 N–H and O–H groups in total. The van der Waals surface area contributed by atoms with Crippen molar-refractivity contribution in [2.24, 2.45) is 0 Å². The maximum atomic E-state index is 10.6. The Kier molecular flexibility index (Phi) is 9.76. The van der Waals surface area contributed by atoms with Gasteiger partial charge in [-0.2, -0.15) is 10.5 Å². The van der Waals surface area contributed by atoms with E-state index < -0.39 is 0 Å². The van der Waals surface area contributed by atoms with E-state index in [9.17, 15) is 10.5 Å². The molecule has 4 aliphatic rings. The Morgan fingerprint density at radius 3 is 1.04 bits per heavy atom. The molecule has 0 saturated carbocycles. The third kappa shape index (κ3) is 6.60. The summed E-state index contributed by atoms with van der Waals surface area (Å²) in [4.78, 5) is 16.1. The van der Waals surface area contributed by atoms with E-state index in [1.165, 1.54) is 0 Å². The Hall–Kier alpha value is -11.4. The first kappa shape index (κ1) is 43.4. The van der Waals surface area contributed by atoms with Crippen molar-refractivity contribution in [3.05, 3.63) is 240 Å². The number of rotatable bonds is 5. The maximum Gasteiger partial charge on any atom is 0.206 e. The number of anilines is 12. The molecular weight excluding hydrogens is 945 g/mol. The van der Waals surface area contributed by atoms with Crippen LogP contribution in [0.3, 0.4) is 0 Å². The number of hydrogen-bond acceptors (Lipinski definition) is 10. The lowest BCUT2D eigenvalue weighted by Gasteiger charge is -2.39. The number of nitriles is 2. The van der Waals surface area contributed by atoms with Crippen molar-refractivity contribution >= 4 is 79.6 Å². The highest BCUT2D eigenvalue weighted by Crippen LogP contribution is 2.62. The molecule has 12 nitrogen and oxygen atoms in total.